The molecule has 1 aliphatic carbocycles. The minimum Gasteiger partial charge on any atom is -0.457 e. The van der Waals surface area contributed by atoms with E-state index in [0.717, 1.165) is 25.7 Å². The Morgan fingerprint density at radius 3 is 2.46 bits per heavy atom. The lowest BCUT2D eigenvalue weighted by molar-refractivity contribution is -0.255. The van der Waals surface area contributed by atoms with Crippen LogP contribution in [0.5, 0.6) is 0 Å². The number of ether oxygens (including phenoxy) is 1. The van der Waals surface area contributed by atoms with Gasteiger partial charge in [0.05, 0.1) is 6.61 Å². The van der Waals surface area contributed by atoms with Gasteiger partial charge in [0.15, 0.2) is 0 Å². The number of carbonyl (C=O) groups is 1. The van der Waals surface area contributed by atoms with Gasteiger partial charge in [0.25, 0.3) is 0 Å². The first-order valence-electron chi connectivity index (χ1n) is 4.99. The lowest BCUT2D eigenvalue weighted by Crippen LogP contribution is -2.67. The molecule has 0 aromatic rings. The van der Waals surface area contributed by atoms with Crippen LogP contribution in [0.1, 0.15) is 39.0 Å². The Labute approximate surface area is 78.1 Å². The lowest BCUT2D eigenvalue weighted by Gasteiger charge is -2.56. The molecule has 1 saturated heterocycles. The van der Waals surface area contributed by atoms with E-state index in [9.17, 15) is 9.90 Å². The van der Waals surface area contributed by atoms with Gasteiger partial charge >= 0.3 is 5.97 Å². The van der Waals surface area contributed by atoms with Crippen molar-refractivity contribution in [3.63, 3.8) is 0 Å². The molecule has 0 aromatic heterocycles. The topological polar surface area (TPSA) is 46.5 Å². The van der Waals surface area contributed by atoms with Crippen LogP contribution in [0, 0.1) is 5.41 Å². The summed E-state index contributed by atoms with van der Waals surface area (Å²) < 4.78 is 5.28. The van der Waals surface area contributed by atoms with Crippen molar-refractivity contribution in [1.82, 2.24) is 0 Å². The largest absolute Gasteiger partial charge is 0.457 e. The van der Waals surface area contributed by atoms with E-state index in [-0.39, 0.29) is 18.2 Å². The second-order valence-corrected chi connectivity index (χ2v) is 4.43. The van der Waals surface area contributed by atoms with Gasteiger partial charge in [0.2, 0.25) is 0 Å². The van der Waals surface area contributed by atoms with Gasteiger partial charge in [-0.3, -0.25) is 4.79 Å². The Morgan fingerprint density at radius 2 is 2.00 bits per heavy atom. The highest BCUT2D eigenvalue weighted by molar-refractivity contribution is 5.84. The van der Waals surface area contributed by atoms with Crippen molar-refractivity contribution in [1.29, 1.82) is 0 Å². The SMILES string of the molecule is CC1(CO)C(=O)OC12CCCCC2. The molecule has 0 aromatic carbocycles. The van der Waals surface area contributed by atoms with E-state index in [1.807, 2.05) is 6.92 Å². The Morgan fingerprint density at radius 1 is 1.38 bits per heavy atom. The highest BCUT2D eigenvalue weighted by atomic mass is 16.6. The number of aliphatic hydroxyl groups excluding tert-OH is 1. The van der Waals surface area contributed by atoms with Gasteiger partial charge in [0, 0.05) is 0 Å². The summed E-state index contributed by atoms with van der Waals surface area (Å²) >= 11 is 0. The van der Waals surface area contributed by atoms with Crippen molar-refractivity contribution in [2.75, 3.05) is 6.61 Å². The van der Waals surface area contributed by atoms with E-state index in [1.54, 1.807) is 0 Å². The Kier molecular flexibility index (Phi) is 1.88. The van der Waals surface area contributed by atoms with Gasteiger partial charge in [-0.15, -0.1) is 0 Å². The standard InChI is InChI=1S/C10H16O3/c1-9(7-11)8(12)13-10(9)5-3-2-4-6-10/h11H,2-7H2,1H3. The van der Waals surface area contributed by atoms with E-state index >= 15 is 0 Å². The van der Waals surface area contributed by atoms with E-state index in [1.165, 1.54) is 6.42 Å². The summed E-state index contributed by atoms with van der Waals surface area (Å²) in [6.07, 6.45) is 5.30. The minimum absolute atomic E-state index is 0.0775. The van der Waals surface area contributed by atoms with E-state index in [2.05, 4.69) is 0 Å². The fourth-order valence-electron chi connectivity index (χ4n) is 2.53. The minimum atomic E-state index is -0.618. The first kappa shape index (κ1) is 9.00. The summed E-state index contributed by atoms with van der Waals surface area (Å²) in [5, 5.41) is 9.23. The maximum atomic E-state index is 11.3. The quantitative estimate of drug-likeness (QED) is 0.624. The van der Waals surface area contributed by atoms with E-state index in [0.29, 0.717) is 0 Å². The Hall–Kier alpha value is -0.570. The normalized spacial score (nSPS) is 36.9. The van der Waals surface area contributed by atoms with E-state index in [4.69, 9.17) is 4.74 Å². The molecule has 2 aliphatic rings. The molecule has 0 bridgehead atoms. The fourth-order valence-corrected chi connectivity index (χ4v) is 2.53. The van der Waals surface area contributed by atoms with Gasteiger partial charge in [-0.2, -0.15) is 0 Å². The molecule has 3 heteroatoms. The van der Waals surface area contributed by atoms with Gasteiger partial charge in [-0.25, -0.2) is 0 Å². The number of hydrogen-bond acceptors (Lipinski definition) is 3. The number of hydrogen-bond donors (Lipinski definition) is 1. The van der Waals surface area contributed by atoms with Crippen LogP contribution in [0.4, 0.5) is 0 Å². The molecule has 2 fully saturated rings. The second-order valence-electron chi connectivity index (χ2n) is 4.43. The average Bonchev–Trinajstić information content (AvgIpc) is 2.18. The fraction of sp³-hybridized carbons (Fsp3) is 0.900. The molecule has 1 heterocycles. The van der Waals surface area contributed by atoms with Crippen molar-refractivity contribution in [3.05, 3.63) is 0 Å². The maximum Gasteiger partial charge on any atom is 0.318 e. The predicted molar refractivity (Wildman–Crippen MR) is 47.1 cm³/mol. The molecule has 1 unspecified atom stereocenters. The van der Waals surface area contributed by atoms with Crippen molar-refractivity contribution in [3.8, 4) is 0 Å². The molecule has 1 aliphatic heterocycles. The van der Waals surface area contributed by atoms with E-state index < -0.39 is 5.41 Å². The van der Waals surface area contributed by atoms with Crippen LogP contribution in [0.3, 0.4) is 0 Å². The van der Waals surface area contributed by atoms with Crippen molar-refractivity contribution in [2.24, 2.45) is 5.41 Å². The first-order valence-corrected chi connectivity index (χ1v) is 4.99. The second kappa shape index (κ2) is 2.71. The van der Waals surface area contributed by atoms with Gasteiger partial charge < -0.3 is 9.84 Å². The third-order valence-electron chi connectivity index (χ3n) is 3.72. The Balaban J connectivity index is 2.19. The van der Waals surface area contributed by atoms with Crippen molar-refractivity contribution >= 4 is 5.97 Å². The van der Waals surface area contributed by atoms with Crippen LogP contribution in [-0.4, -0.2) is 23.3 Å². The molecule has 1 N–H and O–H groups in total. The molecule has 0 amide bonds. The third kappa shape index (κ3) is 0.966. The van der Waals surface area contributed by atoms with Crippen LogP contribution < -0.4 is 0 Å². The molecule has 74 valence electrons. The maximum absolute atomic E-state index is 11.3. The van der Waals surface area contributed by atoms with Gasteiger partial charge in [0.1, 0.15) is 11.0 Å². The molecule has 1 spiro atoms. The zero-order valence-corrected chi connectivity index (χ0v) is 8.01. The van der Waals surface area contributed by atoms with Crippen molar-refractivity contribution in [2.45, 2.75) is 44.6 Å². The van der Waals surface area contributed by atoms with Gasteiger partial charge in [-0.05, 0) is 32.6 Å². The van der Waals surface area contributed by atoms with Crippen LogP contribution in [0.15, 0.2) is 0 Å². The molecule has 3 nitrogen and oxygen atoms in total. The van der Waals surface area contributed by atoms with Crippen LogP contribution >= 0.6 is 0 Å². The van der Waals surface area contributed by atoms with Gasteiger partial charge in [-0.1, -0.05) is 6.42 Å². The molecular weight excluding hydrogens is 168 g/mol. The summed E-state index contributed by atoms with van der Waals surface area (Å²) in [6, 6.07) is 0. The Bertz CT molecular complexity index is 230. The number of esters is 1. The molecule has 1 saturated carbocycles. The average molecular weight is 184 g/mol. The molecule has 0 radical (unpaired) electrons. The zero-order chi connectivity index (χ0) is 9.53. The highest BCUT2D eigenvalue weighted by Gasteiger charge is 2.65. The lowest BCUT2D eigenvalue weighted by atomic mass is 9.62. The number of carbonyl (C=O) groups excluding carboxylic acids is 1. The zero-order valence-electron chi connectivity index (χ0n) is 8.01. The molecule has 2 rings (SSSR count). The van der Waals surface area contributed by atoms with Crippen LogP contribution in [-0.2, 0) is 9.53 Å². The highest BCUT2D eigenvalue weighted by Crippen LogP contribution is 2.53. The summed E-state index contributed by atoms with van der Waals surface area (Å²) in [5.41, 5.74) is -0.940. The third-order valence-corrected chi connectivity index (χ3v) is 3.72. The summed E-state index contributed by atoms with van der Waals surface area (Å²) in [5.74, 6) is -0.225. The summed E-state index contributed by atoms with van der Waals surface area (Å²) in [7, 11) is 0. The first-order chi connectivity index (χ1) is 6.15. The molecular formula is C10H16O3. The van der Waals surface area contributed by atoms with Crippen LogP contribution in [0.2, 0.25) is 0 Å². The summed E-state index contributed by atoms with van der Waals surface area (Å²) in [6.45, 7) is 1.75. The smallest absolute Gasteiger partial charge is 0.318 e. The molecule has 13 heavy (non-hydrogen) atoms. The van der Waals surface area contributed by atoms with Crippen LogP contribution in [0.25, 0.3) is 0 Å². The summed E-state index contributed by atoms with van der Waals surface area (Å²) in [4.78, 5) is 11.3. The molecule has 1 atom stereocenters. The number of aliphatic hydroxyl groups is 1. The van der Waals surface area contributed by atoms with Crippen molar-refractivity contribution < 1.29 is 14.6 Å². The predicted octanol–water partition coefficient (Wildman–Crippen LogP) is 1.24. The monoisotopic (exact) mass is 184 g/mol. The number of rotatable bonds is 1.